The van der Waals surface area contributed by atoms with Crippen molar-refractivity contribution in [1.82, 2.24) is 14.9 Å². The van der Waals surface area contributed by atoms with Crippen LogP contribution in [0.5, 0.6) is 11.5 Å². The third-order valence-corrected chi connectivity index (χ3v) is 4.85. The molecule has 3 rings (SSSR count). The largest absolute Gasteiger partial charge is 0.497 e. The van der Waals surface area contributed by atoms with Crippen LogP contribution in [-0.2, 0) is 11.3 Å². The van der Waals surface area contributed by atoms with Gasteiger partial charge in [-0.25, -0.2) is 4.98 Å². The molecule has 0 spiro atoms. The zero-order valence-corrected chi connectivity index (χ0v) is 17.3. The van der Waals surface area contributed by atoms with E-state index in [-0.39, 0.29) is 18.1 Å². The first-order chi connectivity index (χ1) is 14.5. The summed E-state index contributed by atoms with van der Waals surface area (Å²) in [5.41, 5.74) is 3.36. The Hall–Kier alpha value is -3.61. The van der Waals surface area contributed by atoms with Gasteiger partial charge in [-0.3, -0.25) is 14.2 Å². The fraction of sp³-hybridized carbons (Fsp3) is 0.261. The Kier molecular flexibility index (Phi) is 6.85. The third-order valence-electron chi connectivity index (χ3n) is 4.85. The van der Waals surface area contributed by atoms with E-state index < -0.39 is 0 Å². The van der Waals surface area contributed by atoms with Crippen LogP contribution in [-0.4, -0.2) is 35.7 Å². The number of hydrogen-bond donors (Lipinski definition) is 1. The Bertz CT molecular complexity index is 1070. The minimum atomic E-state index is -0.244. The number of carbonyl (C=O) groups excluding carboxylic acids is 1. The van der Waals surface area contributed by atoms with Crippen molar-refractivity contribution in [3.63, 3.8) is 0 Å². The van der Waals surface area contributed by atoms with Gasteiger partial charge in [-0.15, -0.1) is 0 Å². The molecule has 0 aliphatic carbocycles. The fourth-order valence-electron chi connectivity index (χ4n) is 2.90. The predicted molar refractivity (Wildman–Crippen MR) is 115 cm³/mol. The molecule has 3 aromatic rings. The molecule has 1 amide bonds. The summed E-state index contributed by atoms with van der Waals surface area (Å²) in [4.78, 5) is 28.7. The maximum atomic E-state index is 12.4. The van der Waals surface area contributed by atoms with Crippen molar-refractivity contribution in [2.24, 2.45) is 0 Å². The Labute approximate surface area is 175 Å². The highest BCUT2D eigenvalue weighted by Crippen LogP contribution is 2.20. The van der Waals surface area contributed by atoms with Gasteiger partial charge in [0.25, 0.3) is 11.5 Å². The summed E-state index contributed by atoms with van der Waals surface area (Å²) in [7, 11) is 1.60. The highest BCUT2D eigenvalue weighted by atomic mass is 16.5. The second-order valence-electron chi connectivity index (χ2n) is 6.87. The van der Waals surface area contributed by atoms with Gasteiger partial charge in [-0.05, 0) is 55.3 Å². The van der Waals surface area contributed by atoms with E-state index in [1.165, 1.54) is 17.0 Å². The van der Waals surface area contributed by atoms with Crippen LogP contribution in [0, 0.1) is 13.8 Å². The van der Waals surface area contributed by atoms with Gasteiger partial charge < -0.3 is 14.8 Å². The van der Waals surface area contributed by atoms with Crippen molar-refractivity contribution in [2.75, 3.05) is 20.3 Å². The number of methoxy groups -OCH3 is 1. The van der Waals surface area contributed by atoms with Crippen LogP contribution < -0.4 is 20.3 Å². The molecular formula is C23H25N3O4. The molecule has 0 bridgehead atoms. The molecule has 0 saturated carbocycles. The van der Waals surface area contributed by atoms with Gasteiger partial charge in [0.2, 0.25) is 0 Å². The highest BCUT2D eigenvalue weighted by Gasteiger charge is 2.07. The minimum Gasteiger partial charge on any atom is -0.497 e. The summed E-state index contributed by atoms with van der Waals surface area (Å²) < 4.78 is 12.2. The van der Waals surface area contributed by atoms with E-state index in [2.05, 4.69) is 10.3 Å². The number of benzene rings is 2. The molecular weight excluding hydrogens is 382 g/mol. The molecule has 7 heteroatoms. The Morgan fingerprint density at radius 2 is 1.90 bits per heavy atom. The number of hydrogen-bond acceptors (Lipinski definition) is 5. The summed E-state index contributed by atoms with van der Waals surface area (Å²) in [5, 5.41) is 2.76. The monoisotopic (exact) mass is 407 g/mol. The molecule has 7 nitrogen and oxygen atoms in total. The maximum absolute atomic E-state index is 12.4. The lowest BCUT2D eigenvalue weighted by molar-refractivity contribution is -0.123. The van der Waals surface area contributed by atoms with E-state index in [1.807, 2.05) is 56.3 Å². The van der Waals surface area contributed by atoms with E-state index in [9.17, 15) is 9.59 Å². The lowest BCUT2D eigenvalue weighted by Gasteiger charge is -2.11. The van der Waals surface area contributed by atoms with Crippen LogP contribution in [0.25, 0.3) is 11.3 Å². The van der Waals surface area contributed by atoms with Crippen LogP contribution in [0.2, 0.25) is 0 Å². The number of aromatic nitrogens is 2. The number of carbonyl (C=O) groups is 1. The average Bonchev–Trinajstić information content (AvgIpc) is 2.76. The van der Waals surface area contributed by atoms with Crippen molar-refractivity contribution < 1.29 is 14.3 Å². The number of nitrogens with one attached hydrogen (secondary N) is 1. The Morgan fingerprint density at radius 3 is 2.60 bits per heavy atom. The molecule has 0 saturated heterocycles. The summed E-state index contributed by atoms with van der Waals surface area (Å²) in [5.74, 6) is 1.19. The van der Waals surface area contributed by atoms with Gasteiger partial charge in [0.1, 0.15) is 11.5 Å². The molecule has 1 N–H and O–H groups in total. The number of rotatable bonds is 8. The molecule has 1 aromatic heterocycles. The smallest absolute Gasteiger partial charge is 0.258 e. The number of amides is 1. The number of ether oxygens (including phenoxy) is 2. The van der Waals surface area contributed by atoms with Crippen molar-refractivity contribution in [2.45, 2.75) is 20.4 Å². The summed E-state index contributed by atoms with van der Waals surface area (Å²) in [6, 6.07) is 14.5. The molecule has 0 atom stereocenters. The second-order valence-corrected chi connectivity index (χ2v) is 6.87. The Morgan fingerprint density at radius 1 is 1.13 bits per heavy atom. The lowest BCUT2D eigenvalue weighted by atomic mass is 10.1. The topological polar surface area (TPSA) is 82.5 Å². The molecule has 0 aliphatic rings. The van der Waals surface area contributed by atoms with Crippen LogP contribution in [0.15, 0.2) is 59.7 Å². The highest BCUT2D eigenvalue weighted by molar-refractivity contribution is 5.77. The number of aryl methyl sites for hydroxylation is 1. The Balaban J connectivity index is 1.51. The fourth-order valence-corrected chi connectivity index (χ4v) is 2.90. The standard InChI is InChI=1S/C23H25N3O4/c1-16-5-4-6-21(17(16)2)30-14-22(27)24-11-12-26-15-25-20(13-23(26)28)18-7-9-19(29-3)10-8-18/h4-10,13,15H,11-12,14H2,1-3H3,(H,24,27). The van der Waals surface area contributed by atoms with Crippen molar-refractivity contribution in [3.8, 4) is 22.8 Å². The first-order valence-corrected chi connectivity index (χ1v) is 9.64. The SMILES string of the molecule is COc1ccc(-c2cc(=O)n(CCNC(=O)COc3cccc(C)c3C)cn2)cc1. The third kappa shape index (κ3) is 5.26. The van der Waals surface area contributed by atoms with Gasteiger partial charge in [0.05, 0.1) is 19.1 Å². The summed E-state index contributed by atoms with van der Waals surface area (Å²) in [6.07, 6.45) is 1.49. The van der Waals surface area contributed by atoms with E-state index in [0.29, 0.717) is 24.5 Å². The minimum absolute atomic E-state index is 0.0755. The van der Waals surface area contributed by atoms with Gasteiger partial charge in [0, 0.05) is 24.7 Å². The number of nitrogens with zero attached hydrogens (tertiary/aromatic N) is 2. The normalized spacial score (nSPS) is 10.5. The predicted octanol–water partition coefficient (Wildman–Crippen LogP) is 2.73. The zero-order chi connectivity index (χ0) is 21.5. The van der Waals surface area contributed by atoms with Gasteiger partial charge in [-0.2, -0.15) is 0 Å². The first-order valence-electron chi connectivity index (χ1n) is 9.64. The molecule has 0 radical (unpaired) electrons. The second kappa shape index (κ2) is 9.73. The molecule has 0 fully saturated rings. The maximum Gasteiger partial charge on any atom is 0.258 e. The van der Waals surface area contributed by atoms with E-state index >= 15 is 0 Å². The van der Waals surface area contributed by atoms with Crippen molar-refractivity contribution >= 4 is 5.91 Å². The van der Waals surface area contributed by atoms with Crippen molar-refractivity contribution in [3.05, 3.63) is 76.3 Å². The van der Waals surface area contributed by atoms with E-state index in [1.54, 1.807) is 7.11 Å². The molecule has 156 valence electrons. The average molecular weight is 407 g/mol. The molecule has 0 aliphatic heterocycles. The zero-order valence-electron chi connectivity index (χ0n) is 17.3. The molecule has 1 heterocycles. The van der Waals surface area contributed by atoms with Crippen LogP contribution in [0.1, 0.15) is 11.1 Å². The molecule has 30 heavy (non-hydrogen) atoms. The van der Waals surface area contributed by atoms with E-state index in [4.69, 9.17) is 9.47 Å². The van der Waals surface area contributed by atoms with Crippen LogP contribution in [0.4, 0.5) is 0 Å². The summed E-state index contributed by atoms with van der Waals surface area (Å²) in [6.45, 7) is 4.50. The summed E-state index contributed by atoms with van der Waals surface area (Å²) >= 11 is 0. The molecule has 2 aromatic carbocycles. The first kappa shape index (κ1) is 21.1. The van der Waals surface area contributed by atoms with Gasteiger partial charge in [0.15, 0.2) is 6.61 Å². The lowest BCUT2D eigenvalue weighted by Crippen LogP contribution is -2.33. The van der Waals surface area contributed by atoms with Crippen LogP contribution in [0.3, 0.4) is 0 Å². The van der Waals surface area contributed by atoms with Crippen molar-refractivity contribution in [1.29, 1.82) is 0 Å². The van der Waals surface area contributed by atoms with E-state index in [0.717, 1.165) is 22.4 Å². The van der Waals surface area contributed by atoms with Gasteiger partial charge in [-0.1, -0.05) is 12.1 Å². The van der Waals surface area contributed by atoms with Gasteiger partial charge >= 0.3 is 0 Å². The van der Waals surface area contributed by atoms with Crippen LogP contribution >= 0.6 is 0 Å². The quantitative estimate of drug-likeness (QED) is 0.621. The molecule has 0 unspecified atom stereocenters.